The number of nitrogens with one attached hydrogen (secondary N) is 3. The Hall–Kier alpha value is -3.10. The maximum Gasteiger partial charge on any atom is 0.408 e. The minimum Gasteiger partial charge on any atom is -0.468 e. The molecule has 0 fully saturated rings. The SMILES string of the molecule is COC(=O)CNC(=O)CNC(=O)[C@H](C)NC(=O)OCc1ccccc1. The van der Waals surface area contributed by atoms with Gasteiger partial charge in [0, 0.05) is 0 Å². The summed E-state index contributed by atoms with van der Waals surface area (Å²) in [4.78, 5) is 45.7. The second kappa shape index (κ2) is 10.6. The highest BCUT2D eigenvalue weighted by molar-refractivity contribution is 5.90. The average Bonchev–Trinajstić information content (AvgIpc) is 2.63. The van der Waals surface area contributed by atoms with Crippen molar-refractivity contribution in [1.29, 1.82) is 0 Å². The van der Waals surface area contributed by atoms with Gasteiger partial charge in [-0.3, -0.25) is 14.4 Å². The molecule has 25 heavy (non-hydrogen) atoms. The molecule has 1 aromatic carbocycles. The van der Waals surface area contributed by atoms with Crippen LogP contribution in [0.15, 0.2) is 30.3 Å². The number of alkyl carbamates (subject to hydrolysis) is 1. The van der Waals surface area contributed by atoms with Crippen molar-refractivity contribution in [1.82, 2.24) is 16.0 Å². The van der Waals surface area contributed by atoms with Crippen molar-refractivity contribution in [3.05, 3.63) is 35.9 Å². The molecule has 3 N–H and O–H groups in total. The Labute approximate surface area is 145 Å². The van der Waals surface area contributed by atoms with Gasteiger partial charge in [-0.15, -0.1) is 0 Å². The van der Waals surface area contributed by atoms with Crippen LogP contribution >= 0.6 is 0 Å². The van der Waals surface area contributed by atoms with Crippen molar-refractivity contribution in [2.75, 3.05) is 20.2 Å². The van der Waals surface area contributed by atoms with Crippen molar-refractivity contribution in [3.63, 3.8) is 0 Å². The highest BCUT2D eigenvalue weighted by atomic mass is 16.5. The molecule has 0 aliphatic heterocycles. The van der Waals surface area contributed by atoms with Gasteiger partial charge in [0.1, 0.15) is 19.2 Å². The number of benzene rings is 1. The molecule has 0 heterocycles. The molecule has 1 atom stereocenters. The fourth-order valence-electron chi connectivity index (χ4n) is 1.63. The predicted molar refractivity (Wildman–Crippen MR) is 87.3 cm³/mol. The molecule has 0 aromatic heterocycles. The molecule has 0 saturated heterocycles. The topological polar surface area (TPSA) is 123 Å². The zero-order valence-corrected chi connectivity index (χ0v) is 14.0. The lowest BCUT2D eigenvalue weighted by molar-refractivity contribution is -0.141. The molecular weight excluding hydrogens is 330 g/mol. The van der Waals surface area contributed by atoms with Crippen molar-refractivity contribution < 1.29 is 28.7 Å². The summed E-state index contributed by atoms with van der Waals surface area (Å²) in [6.07, 6.45) is -0.748. The van der Waals surface area contributed by atoms with Gasteiger partial charge in [0.2, 0.25) is 11.8 Å². The first-order chi connectivity index (χ1) is 11.9. The Morgan fingerprint density at radius 2 is 1.72 bits per heavy atom. The van der Waals surface area contributed by atoms with E-state index in [4.69, 9.17) is 4.74 Å². The number of carbonyl (C=O) groups excluding carboxylic acids is 4. The molecule has 0 aliphatic rings. The van der Waals surface area contributed by atoms with Crippen LogP contribution in [0.2, 0.25) is 0 Å². The Bertz CT molecular complexity index is 605. The molecule has 0 bridgehead atoms. The zero-order valence-electron chi connectivity index (χ0n) is 14.0. The summed E-state index contributed by atoms with van der Waals surface area (Å²) in [6, 6.07) is 8.19. The average molecular weight is 351 g/mol. The summed E-state index contributed by atoms with van der Waals surface area (Å²) >= 11 is 0. The minimum atomic E-state index is -0.892. The van der Waals surface area contributed by atoms with Gasteiger partial charge in [-0.05, 0) is 12.5 Å². The van der Waals surface area contributed by atoms with Crippen molar-refractivity contribution in [2.45, 2.75) is 19.6 Å². The van der Waals surface area contributed by atoms with Crippen LogP contribution in [0.25, 0.3) is 0 Å². The van der Waals surface area contributed by atoms with E-state index in [-0.39, 0.29) is 19.7 Å². The van der Waals surface area contributed by atoms with Gasteiger partial charge in [-0.25, -0.2) is 4.79 Å². The lowest BCUT2D eigenvalue weighted by Gasteiger charge is -2.14. The molecule has 1 rings (SSSR count). The van der Waals surface area contributed by atoms with E-state index in [1.807, 2.05) is 18.2 Å². The normalized spacial score (nSPS) is 11.0. The summed E-state index contributed by atoms with van der Waals surface area (Å²) in [5.41, 5.74) is 0.817. The second-order valence-electron chi connectivity index (χ2n) is 5.00. The Morgan fingerprint density at radius 1 is 1.04 bits per heavy atom. The van der Waals surface area contributed by atoms with Crippen LogP contribution in [-0.2, 0) is 30.5 Å². The molecule has 136 valence electrons. The fraction of sp³-hybridized carbons (Fsp3) is 0.375. The minimum absolute atomic E-state index is 0.0803. The van der Waals surface area contributed by atoms with Crippen molar-refractivity contribution in [3.8, 4) is 0 Å². The van der Waals surface area contributed by atoms with Gasteiger partial charge in [0.05, 0.1) is 13.7 Å². The predicted octanol–water partition coefficient (Wildman–Crippen LogP) is -0.293. The third-order valence-corrected chi connectivity index (χ3v) is 3.02. The smallest absolute Gasteiger partial charge is 0.408 e. The van der Waals surface area contributed by atoms with Gasteiger partial charge in [-0.2, -0.15) is 0 Å². The van der Waals surface area contributed by atoms with E-state index in [2.05, 4.69) is 20.7 Å². The van der Waals surface area contributed by atoms with Crippen LogP contribution in [-0.4, -0.2) is 50.1 Å². The molecule has 0 saturated carbocycles. The third-order valence-electron chi connectivity index (χ3n) is 3.02. The molecule has 0 radical (unpaired) electrons. The first kappa shape index (κ1) is 19.9. The van der Waals surface area contributed by atoms with Crippen LogP contribution in [0.3, 0.4) is 0 Å². The molecule has 0 unspecified atom stereocenters. The second-order valence-corrected chi connectivity index (χ2v) is 5.00. The highest BCUT2D eigenvalue weighted by Gasteiger charge is 2.17. The van der Waals surface area contributed by atoms with Gasteiger partial charge >= 0.3 is 12.1 Å². The Balaban J connectivity index is 2.25. The first-order valence-electron chi connectivity index (χ1n) is 7.50. The van der Waals surface area contributed by atoms with Gasteiger partial charge in [0.25, 0.3) is 0 Å². The first-order valence-corrected chi connectivity index (χ1v) is 7.50. The number of amides is 3. The standard InChI is InChI=1S/C16H21N3O6/c1-11(15(22)18-8-13(20)17-9-14(21)24-2)19-16(23)25-10-12-6-4-3-5-7-12/h3-7,11H,8-10H2,1-2H3,(H,17,20)(H,18,22)(H,19,23)/t11-/m0/s1. The van der Waals surface area contributed by atoms with Crippen molar-refractivity contribution in [2.24, 2.45) is 0 Å². The number of methoxy groups -OCH3 is 1. The summed E-state index contributed by atoms with van der Waals surface area (Å²) in [5.74, 6) is -1.72. The fourth-order valence-corrected chi connectivity index (χ4v) is 1.63. The summed E-state index contributed by atoms with van der Waals surface area (Å²) in [6.45, 7) is 0.911. The van der Waals surface area contributed by atoms with E-state index in [0.29, 0.717) is 0 Å². The van der Waals surface area contributed by atoms with E-state index in [1.165, 1.54) is 14.0 Å². The van der Waals surface area contributed by atoms with Crippen LogP contribution in [0.1, 0.15) is 12.5 Å². The van der Waals surface area contributed by atoms with Gasteiger partial charge in [-0.1, -0.05) is 30.3 Å². The van der Waals surface area contributed by atoms with Crippen LogP contribution in [0.5, 0.6) is 0 Å². The van der Waals surface area contributed by atoms with Crippen LogP contribution in [0.4, 0.5) is 4.79 Å². The quantitative estimate of drug-likeness (QED) is 0.553. The summed E-state index contributed by atoms with van der Waals surface area (Å²) < 4.78 is 9.35. The van der Waals surface area contributed by atoms with E-state index in [1.54, 1.807) is 12.1 Å². The van der Waals surface area contributed by atoms with E-state index < -0.39 is 29.9 Å². The Morgan fingerprint density at radius 3 is 2.36 bits per heavy atom. The van der Waals surface area contributed by atoms with E-state index in [0.717, 1.165) is 5.56 Å². The number of hydrogen-bond donors (Lipinski definition) is 3. The maximum atomic E-state index is 11.8. The number of ether oxygens (including phenoxy) is 2. The summed E-state index contributed by atoms with van der Waals surface area (Å²) in [5, 5.41) is 6.95. The highest BCUT2D eigenvalue weighted by Crippen LogP contribution is 2.00. The number of rotatable bonds is 8. The van der Waals surface area contributed by atoms with Crippen LogP contribution in [0, 0.1) is 0 Å². The number of hydrogen-bond acceptors (Lipinski definition) is 6. The van der Waals surface area contributed by atoms with Gasteiger partial charge < -0.3 is 25.4 Å². The van der Waals surface area contributed by atoms with Crippen molar-refractivity contribution >= 4 is 23.9 Å². The molecule has 9 heteroatoms. The Kier molecular flexibility index (Phi) is 8.48. The summed E-state index contributed by atoms with van der Waals surface area (Å²) in [7, 11) is 1.19. The molecule has 0 spiro atoms. The maximum absolute atomic E-state index is 11.8. The van der Waals surface area contributed by atoms with Crippen LogP contribution < -0.4 is 16.0 Å². The lowest BCUT2D eigenvalue weighted by atomic mass is 10.2. The zero-order chi connectivity index (χ0) is 18.7. The number of carbonyl (C=O) groups is 4. The molecule has 1 aromatic rings. The van der Waals surface area contributed by atoms with E-state index >= 15 is 0 Å². The largest absolute Gasteiger partial charge is 0.468 e. The molecule has 3 amide bonds. The molecular formula is C16H21N3O6. The lowest BCUT2D eigenvalue weighted by Crippen LogP contribution is -2.48. The third kappa shape index (κ3) is 8.35. The number of esters is 1. The van der Waals surface area contributed by atoms with Gasteiger partial charge in [0.15, 0.2) is 0 Å². The molecule has 0 aliphatic carbocycles. The molecule has 9 nitrogen and oxygen atoms in total. The van der Waals surface area contributed by atoms with E-state index in [9.17, 15) is 19.2 Å². The monoisotopic (exact) mass is 351 g/mol.